The van der Waals surface area contributed by atoms with Gasteiger partial charge in [0, 0.05) is 11.7 Å². The molecule has 2 rings (SSSR count). The predicted octanol–water partition coefficient (Wildman–Crippen LogP) is 0.884. The van der Waals surface area contributed by atoms with Crippen LogP contribution >= 0.6 is 11.6 Å². The van der Waals surface area contributed by atoms with E-state index in [4.69, 9.17) is 16.7 Å². The van der Waals surface area contributed by atoms with Gasteiger partial charge in [0.1, 0.15) is 4.90 Å². The van der Waals surface area contributed by atoms with Crippen LogP contribution in [0.4, 0.5) is 5.69 Å². The molecule has 0 unspecified atom stereocenters. The van der Waals surface area contributed by atoms with Gasteiger partial charge in [-0.05, 0) is 24.1 Å². The molecule has 1 amide bonds. The second kappa shape index (κ2) is 5.69. The fraction of sp³-hybridized carbons (Fsp3) is 0.417. The van der Waals surface area contributed by atoms with Gasteiger partial charge in [0.2, 0.25) is 15.9 Å². The third-order valence-electron chi connectivity index (χ3n) is 3.11. The lowest BCUT2D eigenvalue weighted by Crippen LogP contribution is -2.37. The number of sulfonamides is 1. The molecule has 8 heteroatoms. The van der Waals surface area contributed by atoms with Crippen molar-refractivity contribution in [2.75, 3.05) is 11.9 Å². The molecule has 3 N–H and O–H groups in total. The van der Waals surface area contributed by atoms with E-state index in [0.29, 0.717) is 17.7 Å². The van der Waals surface area contributed by atoms with E-state index in [1.807, 2.05) is 0 Å². The smallest absolute Gasteiger partial charge is 0.242 e. The molecule has 0 radical (unpaired) electrons. The Morgan fingerprint density at radius 1 is 1.50 bits per heavy atom. The van der Waals surface area contributed by atoms with E-state index in [0.717, 1.165) is 0 Å². The Morgan fingerprint density at radius 3 is 2.80 bits per heavy atom. The van der Waals surface area contributed by atoms with Crippen molar-refractivity contribution in [3.63, 3.8) is 0 Å². The minimum Gasteiger partial charge on any atom is -0.395 e. The van der Waals surface area contributed by atoms with Gasteiger partial charge in [0.25, 0.3) is 0 Å². The van der Waals surface area contributed by atoms with E-state index in [-0.39, 0.29) is 28.9 Å². The number of aliphatic hydroxyl groups is 1. The standard InChI is InChI=1S/C12H15ClN2O4S/c1-2-8(6-16)15-20(18,19)11-3-7-4-12(17)14-10(7)5-9(11)13/h3,5,8,15-16H,2,4,6H2,1H3,(H,14,17)/t8-/m1/s1. The van der Waals surface area contributed by atoms with Crippen molar-refractivity contribution in [2.45, 2.75) is 30.7 Å². The van der Waals surface area contributed by atoms with Crippen molar-refractivity contribution in [1.82, 2.24) is 4.72 Å². The van der Waals surface area contributed by atoms with Gasteiger partial charge in [-0.15, -0.1) is 0 Å². The Balaban J connectivity index is 2.38. The lowest BCUT2D eigenvalue weighted by atomic mass is 10.2. The minimum atomic E-state index is -3.83. The van der Waals surface area contributed by atoms with Crippen molar-refractivity contribution in [3.05, 3.63) is 22.7 Å². The van der Waals surface area contributed by atoms with Gasteiger partial charge >= 0.3 is 0 Å². The summed E-state index contributed by atoms with van der Waals surface area (Å²) in [5, 5.41) is 11.7. The van der Waals surface area contributed by atoms with Crippen molar-refractivity contribution >= 4 is 33.2 Å². The number of benzene rings is 1. The molecule has 0 aliphatic carbocycles. The number of rotatable bonds is 5. The Bertz CT molecular complexity index is 641. The topological polar surface area (TPSA) is 95.5 Å². The van der Waals surface area contributed by atoms with E-state index in [2.05, 4.69) is 10.0 Å². The van der Waals surface area contributed by atoms with Crippen LogP contribution in [-0.4, -0.2) is 32.1 Å². The maximum atomic E-state index is 12.3. The third-order valence-corrected chi connectivity index (χ3v) is 5.09. The maximum absolute atomic E-state index is 12.3. The molecule has 1 heterocycles. The molecule has 0 saturated heterocycles. The Morgan fingerprint density at radius 2 is 2.20 bits per heavy atom. The number of fused-ring (bicyclic) bond motifs is 1. The molecule has 1 aromatic carbocycles. The van der Waals surface area contributed by atoms with Crippen LogP contribution < -0.4 is 10.0 Å². The normalized spacial score (nSPS) is 15.8. The van der Waals surface area contributed by atoms with Gasteiger partial charge < -0.3 is 10.4 Å². The molecular formula is C12H15ClN2O4S. The quantitative estimate of drug-likeness (QED) is 0.751. The van der Waals surface area contributed by atoms with Gasteiger partial charge in [0.05, 0.1) is 18.1 Å². The monoisotopic (exact) mass is 318 g/mol. The Hall–Kier alpha value is -1.15. The molecule has 0 saturated carbocycles. The Kier molecular flexibility index (Phi) is 4.33. The Labute approximate surface area is 122 Å². The highest BCUT2D eigenvalue weighted by molar-refractivity contribution is 7.89. The van der Waals surface area contributed by atoms with Crippen LogP contribution in [-0.2, 0) is 21.2 Å². The van der Waals surface area contributed by atoms with E-state index in [1.165, 1.54) is 12.1 Å². The van der Waals surface area contributed by atoms with E-state index >= 15 is 0 Å². The second-order valence-corrected chi connectivity index (χ2v) is 6.66. The van der Waals surface area contributed by atoms with Crippen LogP contribution in [0.1, 0.15) is 18.9 Å². The summed E-state index contributed by atoms with van der Waals surface area (Å²) < 4.78 is 26.9. The number of hydrogen-bond acceptors (Lipinski definition) is 4. The van der Waals surface area contributed by atoms with Crippen molar-refractivity contribution in [1.29, 1.82) is 0 Å². The first-order chi connectivity index (χ1) is 9.37. The van der Waals surface area contributed by atoms with Crippen LogP contribution in [0.15, 0.2) is 17.0 Å². The fourth-order valence-electron chi connectivity index (χ4n) is 1.96. The molecule has 6 nitrogen and oxygen atoms in total. The molecule has 20 heavy (non-hydrogen) atoms. The van der Waals surface area contributed by atoms with Crippen molar-refractivity contribution < 1.29 is 18.3 Å². The summed E-state index contributed by atoms with van der Waals surface area (Å²) in [6, 6.07) is 2.25. The molecule has 0 bridgehead atoms. The number of halogens is 1. The first-order valence-corrected chi connectivity index (χ1v) is 7.99. The fourth-order valence-corrected chi connectivity index (χ4v) is 3.85. The number of nitrogens with one attached hydrogen (secondary N) is 2. The summed E-state index contributed by atoms with van der Waals surface area (Å²) in [5.74, 6) is -0.194. The highest BCUT2D eigenvalue weighted by atomic mass is 35.5. The molecule has 0 aromatic heterocycles. The van der Waals surface area contributed by atoms with Crippen LogP contribution in [0.3, 0.4) is 0 Å². The second-order valence-electron chi connectivity index (χ2n) is 4.57. The molecule has 1 atom stereocenters. The van der Waals surface area contributed by atoms with Gasteiger partial charge in [-0.3, -0.25) is 4.79 Å². The highest BCUT2D eigenvalue weighted by Gasteiger charge is 2.26. The maximum Gasteiger partial charge on any atom is 0.242 e. The molecule has 1 aromatic rings. The van der Waals surface area contributed by atoms with Gasteiger partial charge in [0.15, 0.2) is 0 Å². The lowest BCUT2D eigenvalue weighted by molar-refractivity contribution is -0.115. The number of anilines is 1. The van der Waals surface area contributed by atoms with Gasteiger partial charge in [-0.1, -0.05) is 18.5 Å². The summed E-state index contributed by atoms with van der Waals surface area (Å²) in [6.07, 6.45) is 0.588. The number of carbonyl (C=O) groups excluding carboxylic acids is 1. The third kappa shape index (κ3) is 2.95. The first-order valence-electron chi connectivity index (χ1n) is 6.13. The zero-order valence-corrected chi connectivity index (χ0v) is 12.4. The molecular weight excluding hydrogens is 304 g/mol. The van der Waals surface area contributed by atoms with E-state index in [1.54, 1.807) is 6.92 Å². The average molecular weight is 319 g/mol. The van der Waals surface area contributed by atoms with Crippen LogP contribution in [0.25, 0.3) is 0 Å². The molecule has 0 spiro atoms. The lowest BCUT2D eigenvalue weighted by Gasteiger charge is -2.15. The van der Waals surface area contributed by atoms with E-state index in [9.17, 15) is 13.2 Å². The summed E-state index contributed by atoms with van der Waals surface area (Å²) in [5.41, 5.74) is 1.13. The van der Waals surface area contributed by atoms with Crippen LogP contribution in [0, 0.1) is 0 Å². The summed E-state index contributed by atoms with van der Waals surface area (Å²) in [4.78, 5) is 11.2. The number of aliphatic hydroxyl groups excluding tert-OH is 1. The predicted molar refractivity (Wildman–Crippen MR) is 75.3 cm³/mol. The SMILES string of the molecule is CC[C@H](CO)NS(=O)(=O)c1cc2c(cc1Cl)NC(=O)C2. The molecule has 110 valence electrons. The zero-order valence-electron chi connectivity index (χ0n) is 10.8. The largest absolute Gasteiger partial charge is 0.395 e. The first kappa shape index (κ1) is 15.2. The van der Waals surface area contributed by atoms with Crippen LogP contribution in [0.2, 0.25) is 5.02 Å². The molecule has 1 aliphatic heterocycles. The van der Waals surface area contributed by atoms with Gasteiger partial charge in [-0.25, -0.2) is 13.1 Å². The van der Waals surface area contributed by atoms with Crippen molar-refractivity contribution in [3.8, 4) is 0 Å². The zero-order chi connectivity index (χ0) is 14.9. The minimum absolute atomic E-state index is 0.0336. The van der Waals surface area contributed by atoms with Crippen LogP contribution in [0.5, 0.6) is 0 Å². The molecule has 0 fully saturated rings. The number of carbonyl (C=O) groups is 1. The summed E-state index contributed by atoms with van der Waals surface area (Å²) in [7, 11) is -3.83. The average Bonchev–Trinajstić information content (AvgIpc) is 2.74. The highest BCUT2D eigenvalue weighted by Crippen LogP contribution is 2.32. The molecule has 1 aliphatic rings. The van der Waals surface area contributed by atoms with E-state index < -0.39 is 16.1 Å². The summed E-state index contributed by atoms with van der Waals surface area (Å²) >= 11 is 5.98. The van der Waals surface area contributed by atoms with Crippen molar-refractivity contribution in [2.24, 2.45) is 0 Å². The van der Waals surface area contributed by atoms with Gasteiger partial charge in [-0.2, -0.15) is 0 Å². The summed E-state index contributed by atoms with van der Waals surface area (Å²) in [6.45, 7) is 1.47. The number of amides is 1. The number of hydrogen-bond donors (Lipinski definition) is 3.